The number of likely N-dealkylation sites (tertiary alicyclic amines) is 2. The van der Waals surface area contributed by atoms with Crippen LogP contribution in [0.3, 0.4) is 0 Å². The fraction of sp³-hybridized carbons (Fsp3) is 0.875. The third kappa shape index (κ3) is 2.80. The lowest BCUT2D eigenvalue weighted by Crippen LogP contribution is -2.52. The minimum Gasteiger partial charge on any atom is -0.459 e. The maximum absolute atomic E-state index is 12.4. The zero-order chi connectivity index (χ0) is 15.1. The molecule has 3 heterocycles. The summed E-state index contributed by atoms with van der Waals surface area (Å²) in [7, 11) is 0. The average Bonchev–Trinajstić information content (AvgIpc) is 2.68. The van der Waals surface area contributed by atoms with Crippen molar-refractivity contribution in [3.05, 3.63) is 0 Å². The zero-order valence-electron chi connectivity index (χ0n) is 13.1. The molecule has 0 aromatic rings. The lowest BCUT2D eigenvalue weighted by Gasteiger charge is -2.44. The van der Waals surface area contributed by atoms with Gasteiger partial charge in [0.2, 0.25) is 6.41 Å². The van der Waals surface area contributed by atoms with Crippen molar-refractivity contribution >= 4 is 12.4 Å². The molecule has 0 aromatic heterocycles. The lowest BCUT2D eigenvalue weighted by molar-refractivity contribution is -0.154. The minimum atomic E-state index is -0.318. The van der Waals surface area contributed by atoms with E-state index in [0.717, 1.165) is 64.7 Å². The number of hydrogen-bond acceptors (Lipinski definition) is 4. The summed E-state index contributed by atoms with van der Waals surface area (Å²) < 4.78 is 5.59. The molecule has 0 saturated carbocycles. The van der Waals surface area contributed by atoms with Crippen molar-refractivity contribution in [2.75, 3.05) is 26.2 Å². The van der Waals surface area contributed by atoms with Crippen LogP contribution in [0.2, 0.25) is 0 Å². The number of piperidine rings is 2. The van der Waals surface area contributed by atoms with Crippen LogP contribution in [0.1, 0.15) is 46.0 Å². The molecule has 3 aliphatic rings. The van der Waals surface area contributed by atoms with Crippen molar-refractivity contribution in [2.24, 2.45) is 5.41 Å². The van der Waals surface area contributed by atoms with Crippen LogP contribution < -0.4 is 0 Å². The Hall–Kier alpha value is -1.10. The molecule has 3 rings (SSSR count). The minimum absolute atomic E-state index is 0.00234. The van der Waals surface area contributed by atoms with Crippen LogP contribution in [-0.2, 0) is 14.3 Å². The Morgan fingerprint density at radius 1 is 1.24 bits per heavy atom. The van der Waals surface area contributed by atoms with E-state index in [2.05, 4.69) is 4.90 Å². The van der Waals surface area contributed by atoms with E-state index in [1.54, 1.807) is 0 Å². The van der Waals surface area contributed by atoms with Gasteiger partial charge in [-0.1, -0.05) is 0 Å². The van der Waals surface area contributed by atoms with Crippen LogP contribution >= 0.6 is 0 Å². The Balaban J connectivity index is 1.67. The van der Waals surface area contributed by atoms with Gasteiger partial charge in [0.05, 0.1) is 5.41 Å². The largest absolute Gasteiger partial charge is 0.459 e. The van der Waals surface area contributed by atoms with E-state index in [0.29, 0.717) is 6.04 Å². The quantitative estimate of drug-likeness (QED) is 0.571. The molecule has 5 nitrogen and oxygen atoms in total. The fourth-order valence-electron chi connectivity index (χ4n) is 4.43. The van der Waals surface area contributed by atoms with Crippen LogP contribution in [0.25, 0.3) is 0 Å². The smallest absolute Gasteiger partial charge is 0.314 e. The van der Waals surface area contributed by atoms with Gasteiger partial charge in [-0.25, -0.2) is 0 Å². The average molecular weight is 294 g/mol. The molecular formula is C16H26N2O3. The molecule has 21 heavy (non-hydrogen) atoms. The van der Waals surface area contributed by atoms with E-state index in [1.165, 1.54) is 0 Å². The third-order valence-electron chi connectivity index (χ3n) is 5.34. The Bertz CT molecular complexity index is 429. The molecule has 1 atom stereocenters. The van der Waals surface area contributed by atoms with Gasteiger partial charge < -0.3 is 9.64 Å². The molecule has 0 radical (unpaired) electrons. The maximum Gasteiger partial charge on any atom is 0.314 e. The molecule has 5 heteroatoms. The van der Waals surface area contributed by atoms with Gasteiger partial charge in [0, 0.05) is 32.1 Å². The number of carbonyl (C=O) groups is 2. The molecular weight excluding hydrogens is 268 g/mol. The monoisotopic (exact) mass is 294 g/mol. The predicted molar refractivity (Wildman–Crippen MR) is 78.7 cm³/mol. The van der Waals surface area contributed by atoms with Crippen molar-refractivity contribution in [3.63, 3.8) is 0 Å². The van der Waals surface area contributed by atoms with E-state index >= 15 is 0 Å². The molecule has 0 aliphatic carbocycles. The molecule has 118 valence electrons. The van der Waals surface area contributed by atoms with E-state index in [9.17, 15) is 9.59 Å². The van der Waals surface area contributed by atoms with E-state index < -0.39 is 0 Å². The number of hydrogen-bond donors (Lipinski definition) is 0. The Morgan fingerprint density at radius 2 is 1.95 bits per heavy atom. The normalized spacial score (nSPS) is 34.2. The highest BCUT2D eigenvalue weighted by atomic mass is 16.6. The fourth-order valence-corrected chi connectivity index (χ4v) is 4.43. The number of carbonyl (C=O) groups excluding carboxylic acids is 2. The maximum atomic E-state index is 12.4. The second kappa shape index (κ2) is 5.27. The Kier molecular flexibility index (Phi) is 3.72. The molecule has 0 bridgehead atoms. The highest BCUT2D eigenvalue weighted by molar-refractivity contribution is 5.80. The van der Waals surface area contributed by atoms with E-state index in [1.807, 2.05) is 18.7 Å². The summed E-state index contributed by atoms with van der Waals surface area (Å²) in [6.45, 7) is 7.62. The van der Waals surface area contributed by atoms with Gasteiger partial charge in [0.25, 0.3) is 0 Å². The second-order valence-corrected chi connectivity index (χ2v) is 7.55. The van der Waals surface area contributed by atoms with Gasteiger partial charge in [-0.2, -0.15) is 0 Å². The molecule has 0 aromatic carbocycles. The molecule has 1 unspecified atom stereocenters. The van der Waals surface area contributed by atoms with Gasteiger partial charge in [-0.15, -0.1) is 0 Å². The van der Waals surface area contributed by atoms with Crippen LogP contribution in [0.15, 0.2) is 0 Å². The van der Waals surface area contributed by atoms with Gasteiger partial charge >= 0.3 is 5.97 Å². The summed E-state index contributed by atoms with van der Waals surface area (Å²) in [5, 5.41) is 0. The first-order valence-corrected chi connectivity index (χ1v) is 8.11. The summed E-state index contributed by atoms with van der Waals surface area (Å²) in [5.41, 5.74) is -0.607. The van der Waals surface area contributed by atoms with E-state index in [-0.39, 0.29) is 17.0 Å². The molecule has 0 N–H and O–H groups in total. The second-order valence-electron chi connectivity index (χ2n) is 7.55. The zero-order valence-corrected chi connectivity index (χ0v) is 13.1. The highest BCUT2D eigenvalue weighted by Gasteiger charge is 2.54. The lowest BCUT2D eigenvalue weighted by atomic mass is 9.74. The van der Waals surface area contributed by atoms with E-state index in [4.69, 9.17) is 4.74 Å². The SMILES string of the molecule is CC1(C)CC2(CCCN(C3CCN(C=O)CC3)C2)C(=O)O1. The number of esters is 1. The Labute approximate surface area is 126 Å². The predicted octanol–water partition coefficient (Wildman–Crippen LogP) is 1.41. The number of ether oxygens (including phenoxy) is 1. The number of nitrogens with zero attached hydrogens (tertiary/aromatic N) is 2. The molecule has 3 aliphatic heterocycles. The first-order valence-electron chi connectivity index (χ1n) is 8.11. The van der Waals surface area contributed by atoms with Crippen LogP contribution in [0, 0.1) is 5.41 Å². The molecule has 3 saturated heterocycles. The Morgan fingerprint density at radius 3 is 2.52 bits per heavy atom. The van der Waals surface area contributed by atoms with Gasteiger partial charge in [0.15, 0.2) is 0 Å². The van der Waals surface area contributed by atoms with Gasteiger partial charge in [-0.3, -0.25) is 14.5 Å². The topological polar surface area (TPSA) is 49.9 Å². The highest BCUT2D eigenvalue weighted by Crippen LogP contribution is 2.46. The number of rotatable bonds is 2. The van der Waals surface area contributed by atoms with Crippen molar-refractivity contribution in [1.82, 2.24) is 9.80 Å². The first-order chi connectivity index (χ1) is 9.94. The summed E-state index contributed by atoms with van der Waals surface area (Å²) in [6, 6.07) is 0.509. The first kappa shape index (κ1) is 14.8. The van der Waals surface area contributed by atoms with Crippen molar-refractivity contribution in [1.29, 1.82) is 0 Å². The van der Waals surface area contributed by atoms with Gasteiger partial charge in [0.1, 0.15) is 5.60 Å². The van der Waals surface area contributed by atoms with Crippen molar-refractivity contribution in [2.45, 2.75) is 57.6 Å². The summed E-state index contributed by atoms with van der Waals surface area (Å²) >= 11 is 0. The van der Waals surface area contributed by atoms with Crippen molar-refractivity contribution < 1.29 is 14.3 Å². The molecule has 3 fully saturated rings. The molecule has 1 amide bonds. The summed E-state index contributed by atoms with van der Waals surface area (Å²) in [4.78, 5) is 27.5. The van der Waals surface area contributed by atoms with Crippen LogP contribution in [0.5, 0.6) is 0 Å². The number of cyclic esters (lactones) is 1. The molecule has 1 spiro atoms. The summed E-state index contributed by atoms with van der Waals surface area (Å²) in [5.74, 6) is 0.00234. The van der Waals surface area contributed by atoms with Crippen LogP contribution in [0.4, 0.5) is 0 Å². The number of amides is 1. The van der Waals surface area contributed by atoms with Crippen LogP contribution in [-0.4, -0.2) is 60.0 Å². The third-order valence-corrected chi connectivity index (χ3v) is 5.34. The van der Waals surface area contributed by atoms with Crippen molar-refractivity contribution in [3.8, 4) is 0 Å². The van der Waals surface area contributed by atoms with Gasteiger partial charge in [-0.05, 0) is 46.1 Å². The standard InChI is InChI=1S/C16H26N2O3/c1-15(2)10-16(14(20)21-15)6-3-7-18(11-16)13-4-8-17(12-19)9-5-13/h12-13H,3-11H2,1-2H3. The summed E-state index contributed by atoms with van der Waals surface area (Å²) in [6.07, 6.45) is 5.85.